The standard InChI is InChI=1S/C30H44N4O5/c1-17-13-18(2)32-28(36)26(17)16-31-27(35)25-15-23(38-8)14-24(19(25)3)20(4)33-21-9-11-22(12-10-21)34-29(37)39-30(5,6)7/h13-15,20-22,33H,9-12,16H2,1-8H3,(H,31,35)(H,32,36)(H,34,37). The number of nitrogens with one attached hydrogen (secondary N) is 4. The number of pyridine rings is 1. The van der Waals surface area contributed by atoms with Gasteiger partial charge in [0.15, 0.2) is 0 Å². The van der Waals surface area contributed by atoms with Crippen LogP contribution in [-0.4, -0.2) is 41.8 Å². The van der Waals surface area contributed by atoms with E-state index in [0.29, 0.717) is 16.9 Å². The van der Waals surface area contributed by atoms with Gasteiger partial charge in [-0.2, -0.15) is 0 Å². The van der Waals surface area contributed by atoms with Gasteiger partial charge in [-0.3, -0.25) is 9.59 Å². The normalized spacial score (nSPS) is 18.3. The number of benzene rings is 1. The van der Waals surface area contributed by atoms with Gasteiger partial charge in [-0.1, -0.05) is 0 Å². The summed E-state index contributed by atoms with van der Waals surface area (Å²) in [6.07, 6.45) is 3.21. The first-order chi connectivity index (χ1) is 18.3. The maximum Gasteiger partial charge on any atom is 0.407 e. The monoisotopic (exact) mass is 540 g/mol. The van der Waals surface area contributed by atoms with Crippen molar-refractivity contribution < 1.29 is 19.1 Å². The van der Waals surface area contributed by atoms with Gasteiger partial charge in [0.25, 0.3) is 11.5 Å². The number of hydrogen-bond donors (Lipinski definition) is 4. The molecule has 1 aromatic carbocycles. The Morgan fingerprint density at radius 1 is 1.05 bits per heavy atom. The third kappa shape index (κ3) is 8.33. The predicted octanol–water partition coefficient (Wildman–Crippen LogP) is 4.73. The summed E-state index contributed by atoms with van der Waals surface area (Å²) in [5.74, 6) is 0.344. The Bertz CT molecular complexity index is 1240. The Kier molecular flexibility index (Phi) is 9.83. The minimum atomic E-state index is -0.514. The van der Waals surface area contributed by atoms with E-state index in [0.717, 1.165) is 48.1 Å². The molecule has 1 aromatic heterocycles. The molecule has 1 atom stereocenters. The lowest BCUT2D eigenvalue weighted by atomic mass is 9.89. The number of hydrogen-bond acceptors (Lipinski definition) is 6. The summed E-state index contributed by atoms with van der Waals surface area (Å²) in [4.78, 5) is 40.5. The number of H-pyrrole nitrogens is 1. The summed E-state index contributed by atoms with van der Waals surface area (Å²) in [7, 11) is 1.59. The number of rotatable bonds is 8. The van der Waals surface area contributed by atoms with Crippen LogP contribution >= 0.6 is 0 Å². The van der Waals surface area contributed by atoms with Crippen molar-refractivity contribution in [1.82, 2.24) is 20.9 Å². The Balaban J connectivity index is 1.65. The number of alkyl carbamates (subject to hydrolysis) is 1. The number of ether oxygens (including phenoxy) is 2. The second kappa shape index (κ2) is 12.7. The topological polar surface area (TPSA) is 122 Å². The number of aryl methyl sites for hydroxylation is 2. The van der Waals surface area contributed by atoms with E-state index in [2.05, 4.69) is 27.9 Å². The van der Waals surface area contributed by atoms with Crippen LogP contribution in [0.5, 0.6) is 5.75 Å². The fourth-order valence-electron chi connectivity index (χ4n) is 5.20. The molecule has 1 aliphatic rings. The quantitative estimate of drug-likeness (QED) is 0.384. The van der Waals surface area contributed by atoms with Crippen LogP contribution in [0.1, 0.15) is 97.7 Å². The molecule has 9 nitrogen and oxygen atoms in total. The fraction of sp³-hybridized carbons (Fsp3) is 0.567. The smallest absolute Gasteiger partial charge is 0.407 e. The average Bonchev–Trinajstić information content (AvgIpc) is 2.83. The molecule has 2 aromatic rings. The minimum absolute atomic E-state index is 0.0193. The van der Waals surface area contributed by atoms with E-state index in [1.54, 1.807) is 13.2 Å². The van der Waals surface area contributed by atoms with Crippen LogP contribution in [0.25, 0.3) is 0 Å². The Hall–Kier alpha value is -3.33. The van der Waals surface area contributed by atoms with Crippen molar-refractivity contribution in [2.75, 3.05) is 7.11 Å². The van der Waals surface area contributed by atoms with E-state index in [4.69, 9.17) is 9.47 Å². The molecule has 0 bridgehead atoms. The first-order valence-electron chi connectivity index (χ1n) is 13.7. The van der Waals surface area contributed by atoms with Crippen molar-refractivity contribution in [3.63, 3.8) is 0 Å². The molecule has 9 heteroatoms. The Morgan fingerprint density at radius 3 is 2.28 bits per heavy atom. The first-order valence-corrected chi connectivity index (χ1v) is 13.7. The number of aromatic nitrogens is 1. The van der Waals surface area contributed by atoms with Crippen molar-refractivity contribution >= 4 is 12.0 Å². The van der Waals surface area contributed by atoms with Gasteiger partial charge < -0.3 is 30.4 Å². The van der Waals surface area contributed by atoms with Crippen LogP contribution in [-0.2, 0) is 11.3 Å². The van der Waals surface area contributed by atoms with Crippen molar-refractivity contribution in [3.05, 3.63) is 62.1 Å². The number of carbonyl (C=O) groups excluding carboxylic acids is 2. The molecule has 0 saturated heterocycles. The van der Waals surface area contributed by atoms with Gasteiger partial charge >= 0.3 is 6.09 Å². The molecule has 39 heavy (non-hydrogen) atoms. The number of amides is 2. The Morgan fingerprint density at radius 2 is 1.69 bits per heavy atom. The van der Waals surface area contributed by atoms with Crippen LogP contribution in [0.4, 0.5) is 4.79 Å². The third-order valence-electron chi connectivity index (χ3n) is 7.22. The SMILES string of the molecule is COc1cc(C(=O)NCc2c(C)cc(C)[nH]c2=O)c(C)c(C(C)NC2CCC(NC(=O)OC(C)(C)C)CC2)c1. The van der Waals surface area contributed by atoms with Crippen LogP contribution in [0.3, 0.4) is 0 Å². The van der Waals surface area contributed by atoms with Crippen molar-refractivity contribution in [3.8, 4) is 5.75 Å². The van der Waals surface area contributed by atoms with E-state index < -0.39 is 5.60 Å². The van der Waals surface area contributed by atoms with Crippen molar-refractivity contribution in [2.45, 2.75) is 104 Å². The highest BCUT2D eigenvalue weighted by atomic mass is 16.6. The summed E-state index contributed by atoms with van der Waals surface area (Å²) < 4.78 is 10.9. The average molecular weight is 541 g/mol. The van der Waals surface area contributed by atoms with E-state index >= 15 is 0 Å². The zero-order chi connectivity index (χ0) is 28.9. The number of methoxy groups -OCH3 is 1. The van der Waals surface area contributed by atoms with E-state index in [-0.39, 0.29) is 42.2 Å². The highest BCUT2D eigenvalue weighted by molar-refractivity contribution is 5.96. The summed E-state index contributed by atoms with van der Waals surface area (Å²) in [6, 6.07) is 5.97. The Labute approximate surface area is 231 Å². The second-order valence-corrected chi connectivity index (χ2v) is 11.6. The van der Waals surface area contributed by atoms with Crippen molar-refractivity contribution in [1.29, 1.82) is 0 Å². The molecule has 2 amide bonds. The zero-order valence-electron chi connectivity index (χ0n) is 24.5. The van der Waals surface area contributed by atoms with Gasteiger partial charge in [0.1, 0.15) is 11.4 Å². The van der Waals surface area contributed by atoms with Gasteiger partial charge in [-0.25, -0.2) is 4.79 Å². The largest absolute Gasteiger partial charge is 0.497 e. The molecule has 1 fully saturated rings. The third-order valence-corrected chi connectivity index (χ3v) is 7.22. The lowest BCUT2D eigenvalue weighted by Gasteiger charge is -2.32. The van der Waals surface area contributed by atoms with Gasteiger partial charge in [-0.15, -0.1) is 0 Å². The molecular weight excluding hydrogens is 496 g/mol. The second-order valence-electron chi connectivity index (χ2n) is 11.6. The van der Waals surface area contributed by atoms with Gasteiger partial charge in [-0.05, 0) is 109 Å². The zero-order valence-corrected chi connectivity index (χ0v) is 24.5. The summed E-state index contributed by atoms with van der Waals surface area (Å²) in [5, 5.41) is 9.60. The highest BCUT2D eigenvalue weighted by Crippen LogP contribution is 2.29. The molecule has 0 radical (unpaired) electrons. The molecular formula is C30H44N4O5. The summed E-state index contributed by atoms with van der Waals surface area (Å²) >= 11 is 0. The van der Waals surface area contributed by atoms with Gasteiger partial charge in [0, 0.05) is 41.5 Å². The first kappa shape index (κ1) is 30.2. The molecule has 1 saturated carbocycles. The van der Waals surface area contributed by atoms with Crippen LogP contribution < -0.4 is 26.2 Å². The summed E-state index contributed by atoms with van der Waals surface area (Å²) in [5.41, 5.74) is 3.83. The maximum atomic E-state index is 13.2. The highest BCUT2D eigenvalue weighted by Gasteiger charge is 2.27. The summed E-state index contributed by atoms with van der Waals surface area (Å²) in [6.45, 7) is 13.4. The molecule has 1 aliphatic carbocycles. The lowest BCUT2D eigenvalue weighted by molar-refractivity contribution is 0.0489. The van der Waals surface area contributed by atoms with E-state index in [1.807, 2.05) is 53.7 Å². The van der Waals surface area contributed by atoms with E-state index in [1.165, 1.54) is 0 Å². The molecule has 3 rings (SSSR count). The number of aromatic amines is 1. The lowest BCUT2D eigenvalue weighted by Crippen LogP contribution is -2.44. The maximum absolute atomic E-state index is 13.2. The molecule has 4 N–H and O–H groups in total. The predicted molar refractivity (Wildman–Crippen MR) is 152 cm³/mol. The van der Waals surface area contributed by atoms with E-state index in [9.17, 15) is 14.4 Å². The number of carbonyl (C=O) groups is 2. The fourth-order valence-corrected chi connectivity index (χ4v) is 5.20. The van der Waals surface area contributed by atoms with Crippen LogP contribution in [0, 0.1) is 20.8 Å². The van der Waals surface area contributed by atoms with Crippen LogP contribution in [0.2, 0.25) is 0 Å². The van der Waals surface area contributed by atoms with Gasteiger partial charge in [0.05, 0.1) is 7.11 Å². The van der Waals surface area contributed by atoms with Crippen molar-refractivity contribution in [2.24, 2.45) is 0 Å². The van der Waals surface area contributed by atoms with Crippen LogP contribution in [0.15, 0.2) is 23.0 Å². The molecule has 214 valence electrons. The molecule has 0 spiro atoms. The molecule has 1 heterocycles. The minimum Gasteiger partial charge on any atom is -0.497 e. The molecule has 1 unspecified atom stereocenters. The van der Waals surface area contributed by atoms with Gasteiger partial charge in [0.2, 0.25) is 0 Å². The molecule has 0 aliphatic heterocycles.